The van der Waals surface area contributed by atoms with Crippen molar-refractivity contribution < 1.29 is 9.32 Å². The number of nitrogens with zero attached hydrogens (tertiary/aromatic N) is 6. The zero-order chi connectivity index (χ0) is 16.9. The molecule has 3 rings (SSSR count). The molecule has 0 spiro atoms. The molecule has 0 unspecified atom stereocenters. The third kappa shape index (κ3) is 3.32. The minimum Gasteiger partial charge on any atom is -0.337 e. The van der Waals surface area contributed by atoms with Crippen LogP contribution in [0.3, 0.4) is 0 Å². The molecule has 3 heterocycles. The van der Waals surface area contributed by atoms with Gasteiger partial charge in [0.05, 0.1) is 6.54 Å². The standard InChI is InChI=1S/C16H18N6O2/c1-3-13(22-9-5-8-18-22)16(23)21(2)11-14-19-15(20-24-14)12-6-4-7-17-10-12/h4-10,13H,3,11H2,1-2H3/t13-/m0/s1. The van der Waals surface area contributed by atoms with Gasteiger partial charge in [-0.25, -0.2) is 0 Å². The lowest BCUT2D eigenvalue weighted by Crippen LogP contribution is -2.34. The van der Waals surface area contributed by atoms with Crippen LogP contribution in [0.1, 0.15) is 25.3 Å². The second-order valence-electron chi connectivity index (χ2n) is 5.36. The minimum atomic E-state index is -0.342. The summed E-state index contributed by atoms with van der Waals surface area (Å²) in [5.41, 5.74) is 0.768. The highest BCUT2D eigenvalue weighted by atomic mass is 16.5. The van der Waals surface area contributed by atoms with Crippen LogP contribution in [0.25, 0.3) is 11.4 Å². The quantitative estimate of drug-likeness (QED) is 0.687. The fourth-order valence-corrected chi connectivity index (χ4v) is 2.41. The Balaban J connectivity index is 1.69. The SMILES string of the molecule is CC[C@@H](C(=O)N(C)Cc1nc(-c2cccnc2)no1)n1cccn1. The highest BCUT2D eigenvalue weighted by Crippen LogP contribution is 2.17. The van der Waals surface area contributed by atoms with E-state index in [9.17, 15) is 4.79 Å². The van der Waals surface area contributed by atoms with Crippen molar-refractivity contribution in [2.75, 3.05) is 7.05 Å². The van der Waals surface area contributed by atoms with Gasteiger partial charge >= 0.3 is 0 Å². The molecule has 124 valence electrons. The third-order valence-corrected chi connectivity index (χ3v) is 3.65. The fourth-order valence-electron chi connectivity index (χ4n) is 2.41. The van der Waals surface area contributed by atoms with Crippen LogP contribution in [0.15, 0.2) is 47.5 Å². The molecule has 0 aliphatic rings. The Morgan fingerprint density at radius 2 is 2.25 bits per heavy atom. The molecule has 3 aromatic rings. The maximum Gasteiger partial charge on any atom is 0.247 e. The van der Waals surface area contributed by atoms with Gasteiger partial charge in [0.2, 0.25) is 17.6 Å². The van der Waals surface area contributed by atoms with Crippen molar-refractivity contribution in [2.24, 2.45) is 0 Å². The van der Waals surface area contributed by atoms with E-state index in [0.717, 1.165) is 5.56 Å². The maximum absolute atomic E-state index is 12.6. The smallest absolute Gasteiger partial charge is 0.247 e. The molecule has 0 aliphatic carbocycles. The Kier molecular flexibility index (Phi) is 4.64. The van der Waals surface area contributed by atoms with Crippen molar-refractivity contribution >= 4 is 5.91 Å². The molecule has 0 aromatic carbocycles. The number of carbonyl (C=O) groups is 1. The molecule has 0 fully saturated rings. The van der Waals surface area contributed by atoms with Crippen LogP contribution in [0.2, 0.25) is 0 Å². The highest BCUT2D eigenvalue weighted by Gasteiger charge is 2.24. The summed E-state index contributed by atoms with van der Waals surface area (Å²) in [4.78, 5) is 22.5. The largest absolute Gasteiger partial charge is 0.337 e. The molecule has 8 nitrogen and oxygen atoms in total. The van der Waals surface area contributed by atoms with E-state index < -0.39 is 0 Å². The maximum atomic E-state index is 12.6. The predicted molar refractivity (Wildman–Crippen MR) is 85.6 cm³/mol. The van der Waals surface area contributed by atoms with Gasteiger partial charge in [0.15, 0.2) is 0 Å². The van der Waals surface area contributed by atoms with Crippen molar-refractivity contribution in [1.29, 1.82) is 0 Å². The Morgan fingerprint density at radius 1 is 1.38 bits per heavy atom. The number of rotatable bonds is 6. The number of hydrogen-bond acceptors (Lipinski definition) is 6. The van der Waals surface area contributed by atoms with Crippen molar-refractivity contribution in [3.8, 4) is 11.4 Å². The number of likely N-dealkylation sites (N-methyl/N-ethyl adjacent to an activating group) is 1. The molecule has 8 heteroatoms. The first-order chi connectivity index (χ1) is 11.7. The number of hydrogen-bond donors (Lipinski definition) is 0. The van der Waals surface area contributed by atoms with E-state index in [2.05, 4.69) is 20.2 Å². The molecule has 0 N–H and O–H groups in total. The first-order valence-corrected chi connectivity index (χ1v) is 7.66. The van der Waals surface area contributed by atoms with Crippen LogP contribution in [-0.2, 0) is 11.3 Å². The van der Waals surface area contributed by atoms with Gasteiger partial charge in [0.25, 0.3) is 0 Å². The average molecular weight is 326 g/mol. The summed E-state index contributed by atoms with van der Waals surface area (Å²) in [5, 5.41) is 8.08. The number of amides is 1. The Bertz CT molecular complexity index is 784. The van der Waals surface area contributed by atoms with Crippen LogP contribution in [0, 0.1) is 0 Å². The van der Waals surface area contributed by atoms with E-state index in [1.807, 2.05) is 13.0 Å². The predicted octanol–water partition coefficient (Wildman–Crippen LogP) is 1.94. The van der Waals surface area contributed by atoms with Crippen molar-refractivity contribution in [2.45, 2.75) is 25.9 Å². The monoisotopic (exact) mass is 326 g/mol. The first kappa shape index (κ1) is 15.9. The van der Waals surface area contributed by atoms with Crippen LogP contribution in [0.4, 0.5) is 0 Å². The van der Waals surface area contributed by atoms with Gasteiger partial charge in [-0.1, -0.05) is 12.1 Å². The topological polar surface area (TPSA) is 89.9 Å². The van der Waals surface area contributed by atoms with E-state index in [-0.39, 0.29) is 18.5 Å². The average Bonchev–Trinajstić information content (AvgIpc) is 3.28. The summed E-state index contributed by atoms with van der Waals surface area (Å²) >= 11 is 0. The minimum absolute atomic E-state index is 0.0534. The molecule has 3 aromatic heterocycles. The summed E-state index contributed by atoms with van der Waals surface area (Å²) < 4.78 is 6.90. The van der Waals surface area contributed by atoms with Gasteiger partial charge in [-0.2, -0.15) is 10.1 Å². The zero-order valence-corrected chi connectivity index (χ0v) is 13.5. The number of aromatic nitrogens is 5. The fraction of sp³-hybridized carbons (Fsp3) is 0.312. The normalized spacial score (nSPS) is 12.1. The summed E-state index contributed by atoms with van der Waals surface area (Å²) in [6, 6.07) is 5.11. The lowest BCUT2D eigenvalue weighted by molar-refractivity contribution is -0.134. The van der Waals surface area contributed by atoms with Gasteiger partial charge < -0.3 is 9.42 Å². The van der Waals surface area contributed by atoms with Gasteiger partial charge in [0, 0.05) is 37.4 Å². The second kappa shape index (κ2) is 7.03. The van der Waals surface area contributed by atoms with Gasteiger partial charge in [-0.15, -0.1) is 0 Å². The third-order valence-electron chi connectivity index (χ3n) is 3.65. The summed E-state index contributed by atoms with van der Waals surface area (Å²) in [7, 11) is 1.71. The van der Waals surface area contributed by atoms with E-state index in [1.54, 1.807) is 53.5 Å². The van der Waals surface area contributed by atoms with E-state index in [1.165, 1.54) is 0 Å². The van der Waals surface area contributed by atoms with Gasteiger partial charge in [-0.05, 0) is 24.6 Å². The Morgan fingerprint density at radius 3 is 2.92 bits per heavy atom. The van der Waals surface area contributed by atoms with Gasteiger partial charge in [0.1, 0.15) is 6.04 Å². The summed E-state index contributed by atoms with van der Waals surface area (Å²) in [6.07, 6.45) is 7.43. The molecule has 0 bridgehead atoms. The van der Waals surface area contributed by atoms with Crippen LogP contribution in [0.5, 0.6) is 0 Å². The first-order valence-electron chi connectivity index (χ1n) is 7.66. The van der Waals surface area contributed by atoms with Crippen LogP contribution in [-0.4, -0.2) is 42.8 Å². The molecule has 1 amide bonds. The zero-order valence-electron chi connectivity index (χ0n) is 13.5. The Labute approximate surface area is 139 Å². The molecular weight excluding hydrogens is 308 g/mol. The lowest BCUT2D eigenvalue weighted by Gasteiger charge is -2.21. The van der Waals surface area contributed by atoms with Crippen molar-refractivity contribution in [3.05, 3.63) is 48.9 Å². The molecule has 1 atom stereocenters. The Hall–Kier alpha value is -3.03. The summed E-state index contributed by atoms with van der Waals surface area (Å²) in [6.45, 7) is 2.19. The van der Waals surface area contributed by atoms with E-state index >= 15 is 0 Å². The van der Waals surface area contributed by atoms with E-state index in [0.29, 0.717) is 18.1 Å². The van der Waals surface area contributed by atoms with E-state index in [4.69, 9.17) is 4.52 Å². The summed E-state index contributed by atoms with van der Waals surface area (Å²) in [5.74, 6) is 0.778. The number of carbonyl (C=O) groups excluding carboxylic acids is 1. The van der Waals surface area contributed by atoms with Crippen LogP contribution < -0.4 is 0 Å². The molecular formula is C16H18N6O2. The molecule has 0 radical (unpaired) electrons. The molecule has 0 saturated carbocycles. The van der Waals surface area contributed by atoms with Gasteiger partial charge in [-0.3, -0.25) is 14.5 Å². The lowest BCUT2D eigenvalue weighted by atomic mass is 10.2. The highest BCUT2D eigenvalue weighted by molar-refractivity contribution is 5.79. The molecule has 0 saturated heterocycles. The number of pyridine rings is 1. The van der Waals surface area contributed by atoms with Crippen molar-refractivity contribution in [1.82, 2.24) is 29.8 Å². The van der Waals surface area contributed by atoms with Crippen LogP contribution >= 0.6 is 0 Å². The second-order valence-corrected chi connectivity index (χ2v) is 5.36. The van der Waals surface area contributed by atoms with Crippen molar-refractivity contribution in [3.63, 3.8) is 0 Å². The molecule has 0 aliphatic heterocycles. The molecule has 24 heavy (non-hydrogen) atoms.